The van der Waals surface area contributed by atoms with Gasteiger partial charge in [-0.1, -0.05) is 0 Å². The van der Waals surface area contributed by atoms with Crippen molar-refractivity contribution in [3.63, 3.8) is 0 Å². The zero-order valence-corrected chi connectivity index (χ0v) is 53.3. The molecule has 8 aliphatic heterocycles. The van der Waals surface area contributed by atoms with Gasteiger partial charge in [0.05, 0.1) is 52.9 Å². The molecular formula is C55H92N4O40. The average molecular weight is 1450 g/mol. The molecule has 8 rings (SSSR count). The Kier molecular flexibility index (Phi) is 29.1. The SMILES string of the molecule is CC(=O)N[C@H]1[C@H](O[C@H]2[C@H](O)[C@@H](NC(C)=O)C(O)O[C@@H]2CO)O[C@H](CO)[C@@H](O[C@H]2O[C@H](CO[C@H]3O[C@H](CO)[C@@H](O)[C@H](O)[C@@H]3O[C@@H]3O[C@H](CO)[C@@H](O)[C@H](O)[C@H]3NC(C)=O)[C@@H](O)[C@H](O[C@H]3O[C@H](CO)[C@@H](O)[C@H](O)[C@@H]3O[C@@H]3O[C@H](CO)[C@@H](O)[C@H](O)[C@H]3NC(C)=O)[C@@H]2O[C@@H]2OC[C@@H](O)[C@H](O)[C@H]2O)[C@@H]1O. The van der Waals surface area contributed by atoms with Crippen molar-refractivity contribution in [1.29, 1.82) is 0 Å². The minimum Gasteiger partial charge on any atom is -0.394 e. The van der Waals surface area contributed by atoms with Crippen molar-refractivity contribution in [2.45, 2.75) is 267 Å². The van der Waals surface area contributed by atoms with Crippen molar-refractivity contribution >= 4 is 23.6 Å². The predicted molar refractivity (Wildman–Crippen MR) is 305 cm³/mol. The Hall–Kier alpha value is -3.56. The summed E-state index contributed by atoms with van der Waals surface area (Å²) in [6, 6.07) is -7.11. The Morgan fingerprint density at radius 1 is 0.303 bits per heavy atom. The number of carbonyl (C=O) groups excluding carboxylic acids is 4. The smallest absolute Gasteiger partial charge is 0.217 e. The molecule has 0 aromatic rings. The highest BCUT2D eigenvalue weighted by atomic mass is 16.8. The normalized spacial score (nSPS) is 48.3. The van der Waals surface area contributed by atoms with E-state index >= 15 is 0 Å². The maximum absolute atomic E-state index is 13.1. The highest BCUT2D eigenvalue weighted by Gasteiger charge is 2.60. The molecule has 39 atom stereocenters. The summed E-state index contributed by atoms with van der Waals surface area (Å²) in [6.07, 6.45) is -72.6. The Morgan fingerprint density at radius 2 is 0.626 bits per heavy atom. The van der Waals surface area contributed by atoms with Crippen LogP contribution >= 0.6 is 0 Å². The van der Waals surface area contributed by atoms with Crippen molar-refractivity contribution in [1.82, 2.24) is 21.3 Å². The van der Waals surface area contributed by atoms with E-state index in [4.69, 9.17) is 71.1 Å². The van der Waals surface area contributed by atoms with E-state index in [2.05, 4.69) is 21.3 Å². The Morgan fingerprint density at radius 3 is 1.08 bits per heavy atom. The average Bonchev–Trinajstić information content (AvgIpc) is 0.767. The van der Waals surface area contributed by atoms with Crippen LogP contribution in [0.3, 0.4) is 0 Å². The largest absolute Gasteiger partial charge is 0.394 e. The zero-order chi connectivity index (χ0) is 72.9. The predicted octanol–water partition coefficient (Wildman–Crippen LogP) is -17.2. The molecule has 0 radical (unpaired) electrons. The number of hydrogen-bond donors (Lipinski definition) is 25. The third kappa shape index (κ3) is 18.2. The van der Waals surface area contributed by atoms with Gasteiger partial charge in [0, 0.05) is 27.7 Å². The number of aliphatic hydroxyl groups is 21. The summed E-state index contributed by atoms with van der Waals surface area (Å²) in [7, 11) is 0. The molecule has 0 spiro atoms. The van der Waals surface area contributed by atoms with Crippen LogP contribution in [0.5, 0.6) is 0 Å². The second-order valence-corrected chi connectivity index (χ2v) is 24.9. The Balaban J connectivity index is 1.23. The van der Waals surface area contributed by atoms with Crippen molar-refractivity contribution in [2.24, 2.45) is 0 Å². The topological polar surface area (TPSA) is 680 Å². The molecule has 44 heteroatoms. The maximum atomic E-state index is 13.1. The van der Waals surface area contributed by atoms with Gasteiger partial charge in [-0.25, -0.2) is 0 Å². The zero-order valence-electron chi connectivity index (χ0n) is 53.3. The first kappa shape index (κ1) is 81.1. The summed E-state index contributed by atoms with van der Waals surface area (Å²) in [5.41, 5.74) is 0. The van der Waals surface area contributed by atoms with Gasteiger partial charge in [0.2, 0.25) is 23.6 Å². The molecule has 0 bridgehead atoms. The maximum Gasteiger partial charge on any atom is 0.217 e. The minimum absolute atomic E-state index is 0.781. The highest BCUT2D eigenvalue weighted by molar-refractivity contribution is 5.74. The lowest BCUT2D eigenvalue weighted by Crippen LogP contribution is -2.71. The summed E-state index contributed by atoms with van der Waals surface area (Å²) < 4.78 is 90.2. The van der Waals surface area contributed by atoms with Crippen LogP contribution in [0.2, 0.25) is 0 Å². The monoisotopic (exact) mass is 1450 g/mol. The van der Waals surface area contributed by atoms with Gasteiger partial charge < -0.3 is 200 Å². The van der Waals surface area contributed by atoms with E-state index in [1.807, 2.05) is 0 Å². The fraction of sp³-hybridized carbons (Fsp3) is 0.927. The first-order valence-corrected chi connectivity index (χ1v) is 31.5. The quantitative estimate of drug-likeness (QED) is 0.0404. The summed E-state index contributed by atoms with van der Waals surface area (Å²) in [5.74, 6) is -3.43. The third-order valence-corrected chi connectivity index (χ3v) is 17.9. The summed E-state index contributed by atoms with van der Waals surface area (Å²) in [6.45, 7) is -4.45. The summed E-state index contributed by atoms with van der Waals surface area (Å²) in [5, 5.41) is 242. The van der Waals surface area contributed by atoms with Crippen LogP contribution in [-0.4, -0.2) is 423 Å². The van der Waals surface area contributed by atoms with Crippen LogP contribution < -0.4 is 21.3 Å². The molecule has 1 unspecified atom stereocenters. The first-order chi connectivity index (χ1) is 46.8. The third-order valence-electron chi connectivity index (χ3n) is 17.9. The van der Waals surface area contributed by atoms with Crippen molar-refractivity contribution in [3.8, 4) is 0 Å². The van der Waals surface area contributed by atoms with E-state index in [9.17, 15) is 126 Å². The van der Waals surface area contributed by atoms with E-state index in [-0.39, 0.29) is 0 Å². The van der Waals surface area contributed by atoms with Crippen LogP contribution in [0.15, 0.2) is 0 Å². The Labute approximate surface area is 561 Å². The molecule has 0 aliphatic carbocycles. The molecule has 99 heavy (non-hydrogen) atoms. The fourth-order valence-corrected chi connectivity index (χ4v) is 12.7. The number of aliphatic hydroxyl groups excluding tert-OH is 21. The van der Waals surface area contributed by atoms with Crippen LogP contribution in [-0.2, 0) is 90.2 Å². The van der Waals surface area contributed by atoms with Crippen LogP contribution in [0.25, 0.3) is 0 Å². The summed E-state index contributed by atoms with van der Waals surface area (Å²) >= 11 is 0. The van der Waals surface area contributed by atoms with E-state index in [1.54, 1.807) is 0 Å². The molecule has 0 aromatic heterocycles. The van der Waals surface area contributed by atoms with Gasteiger partial charge in [0.25, 0.3) is 0 Å². The highest BCUT2D eigenvalue weighted by Crippen LogP contribution is 2.40. The number of hydrogen-bond acceptors (Lipinski definition) is 40. The lowest BCUT2D eigenvalue weighted by atomic mass is 9.93. The van der Waals surface area contributed by atoms with Gasteiger partial charge in [0.15, 0.2) is 50.3 Å². The second kappa shape index (κ2) is 35.5. The van der Waals surface area contributed by atoms with Crippen molar-refractivity contribution in [2.75, 3.05) is 52.9 Å². The van der Waals surface area contributed by atoms with Crippen LogP contribution in [0.1, 0.15) is 27.7 Å². The molecule has 572 valence electrons. The molecule has 0 aromatic carbocycles. The number of amides is 4. The molecule has 8 aliphatic rings. The molecule has 0 saturated carbocycles. The van der Waals surface area contributed by atoms with Crippen LogP contribution in [0.4, 0.5) is 0 Å². The lowest BCUT2D eigenvalue weighted by molar-refractivity contribution is -0.411. The second-order valence-electron chi connectivity index (χ2n) is 24.9. The number of ether oxygens (including phenoxy) is 15. The molecule has 44 nitrogen and oxygen atoms in total. The number of nitrogens with one attached hydrogen (secondary N) is 4. The van der Waals surface area contributed by atoms with Gasteiger partial charge in [-0.2, -0.15) is 0 Å². The lowest BCUT2D eigenvalue weighted by Gasteiger charge is -2.52. The Bertz CT molecular complexity index is 2590. The van der Waals surface area contributed by atoms with Gasteiger partial charge in [-0.3, -0.25) is 19.2 Å². The first-order valence-electron chi connectivity index (χ1n) is 31.5. The molecule has 25 N–H and O–H groups in total. The summed E-state index contributed by atoms with van der Waals surface area (Å²) in [4.78, 5) is 50.2. The molecule has 8 saturated heterocycles. The molecule has 8 fully saturated rings. The molecule has 4 amide bonds. The molecular weight excluding hydrogens is 1360 g/mol. The van der Waals surface area contributed by atoms with Gasteiger partial charge in [0.1, 0.15) is 189 Å². The van der Waals surface area contributed by atoms with Gasteiger partial charge >= 0.3 is 0 Å². The fourth-order valence-electron chi connectivity index (χ4n) is 12.7. The molecule has 8 heterocycles. The number of rotatable bonds is 25. The van der Waals surface area contributed by atoms with E-state index in [0.29, 0.717) is 0 Å². The van der Waals surface area contributed by atoms with E-state index in [0.717, 1.165) is 27.7 Å². The minimum atomic E-state index is -2.46. The van der Waals surface area contributed by atoms with Gasteiger partial charge in [-0.15, -0.1) is 0 Å². The van der Waals surface area contributed by atoms with E-state index < -0.39 is 316 Å². The van der Waals surface area contributed by atoms with Crippen LogP contribution in [0, 0.1) is 0 Å². The number of carbonyl (C=O) groups is 4. The standard InChI is InChI=1S/C55H92N4O40/c1-13(66)56-25-37(79)42(22(9-64)87-48(25)84)94-51-28(59-16(4)69)38(80)43(23(10-65)92-51)95-55-47(99-52-41(83)29(71)17(70)11-85-52)44(96-54-46(40(82)33(75)21(8-63)91-54)98-50-27(58-15(3)68)36(78)31(73)19(6-61)89-50)34(76)24(93-55)12-86-53-45(39(81)32(74)20(7-62)90-53)97-49-26(57-14(2)67)35(77)30(72)18(5-60)88-49/h17-55,60-65,70-84H,5-12H2,1-4H3,(H,56,66)(H,57,67)(H,58,68)(H,59,69)/t17-,18-,19-,20-,21-,22-,23-,24-,25-,26-,27-,28-,29+,30-,31-,32-,33-,34-,35-,36-,37-,38-,39+,40+,41-,42-,43-,44+,45+,46+,47+,48?,49+,50+,51+,52+,53+,54-,55-/m1/s1. The van der Waals surface area contributed by atoms with Crippen molar-refractivity contribution < 1.29 is 197 Å². The van der Waals surface area contributed by atoms with Gasteiger partial charge in [-0.05, 0) is 0 Å². The van der Waals surface area contributed by atoms with Crippen molar-refractivity contribution in [3.05, 3.63) is 0 Å². The van der Waals surface area contributed by atoms with E-state index in [1.165, 1.54) is 0 Å².